The van der Waals surface area contributed by atoms with Crippen molar-refractivity contribution < 1.29 is 38.6 Å². The third-order valence-electron chi connectivity index (χ3n) is 5.19. The van der Waals surface area contributed by atoms with Crippen LogP contribution >= 0.6 is 0 Å². The van der Waals surface area contributed by atoms with E-state index in [1.165, 1.54) is 4.90 Å². The molecule has 248 valence electrons. The van der Waals surface area contributed by atoms with Crippen molar-refractivity contribution in [3.8, 4) is 12.3 Å². The number of aliphatic hydroxyl groups excluding tert-OH is 1. The second-order valence-corrected chi connectivity index (χ2v) is 10.6. The van der Waals surface area contributed by atoms with Gasteiger partial charge in [0.15, 0.2) is 6.61 Å². The van der Waals surface area contributed by atoms with Crippen LogP contribution in [-0.4, -0.2) is 85.9 Å². The molecule has 0 spiro atoms. The fourth-order valence-corrected chi connectivity index (χ4v) is 3.09. The van der Waals surface area contributed by atoms with Crippen LogP contribution in [0.1, 0.15) is 59.1 Å². The van der Waals surface area contributed by atoms with E-state index in [1.807, 2.05) is 32.2 Å². The van der Waals surface area contributed by atoms with Gasteiger partial charge >= 0.3 is 18.2 Å². The zero-order valence-corrected chi connectivity index (χ0v) is 27.1. The van der Waals surface area contributed by atoms with E-state index in [4.69, 9.17) is 21.6 Å². The molecule has 7 N–H and O–H groups in total. The molecular weight excluding hydrogens is 572 g/mol. The molecule has 0 saturated heterocycles. The highest BCUT2D eigenvalue weighted by molar-refractivity contribution is 5.87. The molecule has 1 unspecified atom stereocenters. The Morgan fingerprint density at radius 3 is 2.23 bits per heavy atom. The normalized spacial score (nSPS) is 10.7. The molecule has 0 radical (unpaired) electrons. The third-order valence-corrected chi connectivity index (χ3v) is 5.19. The van der Waals surface area contributed by atoms with Crippen molar-refractivity contribution in [2.75, 3.05) is 39.1 Å². The van der Waals surface area contributed by atoms with Gasteiger partial charge in [-0.15, -0.1) is 6.42 Å². The number of rotatable bonds is 12. The first-order chi connectivity index (χ1) is 20.6. The smallest absolute Gasteiger partial charge is 0.410 e. The first kappa shape index (κ1) is 41.6. The maximum Gasteiger partial charge on any atom is 0.410 e. The second kappa shape index (κ2) is 23.0. The van der Waals surface area contributed by atoms with Crippen molar-refractivity contribution in [1.29, 1.82) is 0 Å². The van der Waals surface area contributed by atoms with Crippen molar-refractivity contribution in [1.82, 2.24) is 20.9 Å². The fraction of sp³-hybridized carbons (Fsp3) is 0.567. The number of carbonyl (C=O) groups excluding carboxylic acids is 5. The van der Waals surface area contributed by atoms with Crippen molar-refractivity contribution >= 4 is 36.1 Å². The summed E-state index contributed by atoms with van der Waals surface area (Å²) in [5.41, 5.74) is 6.65. The van der Waals surface area contributed by atoms with Crippen LogP contribution in [0.4, 0.5) is 20.1 Å². The molecule has 0 aromatic heterocycles. The first-order valence-electron chi connectivity index (χ1n) is 14.0. The molecule has 1 aromatic rings. The van der Waals surface area contributed by atoms with Crippen molar-refractivity contribution in [3.05, 3.63) is 29.3 Å². The minimum absolute atomic E-state index is 0.0490. The molecule has 14 nitrogen and oxygen atoms in total. The van der Waals surface area contributed by atoms with E-state index in [0.29, 0.717) is 19.4 Å². The van der Waals surface area contributed by atoms with Crippen LogP contribution < -0.4 is 27.0 Å². The van der Waals surface area contributed by atoms with Crippen LogP contribution in [0.5, 0.6) is 0 Å². The van der Waals surface area contributed by atoms with Gasteiger partial charge in [0.1, 0.15) is 17.9 Å². The second-order valence-electron chi connectivity index (χ2n) is 10.6. The Morgan fingerprint density at radius 2 is 1.80 bits per heavy atom. The van der Waals surface area contributed by atoms with Gasteiger partial charge in [0, 0.05) is 32.9 Å². The van der Waals surface area contributed by atoms with E-state index in [1.54, 1.807) is 41.7 Å². The van der Waals surface area contributed by atoms with Gasteiger partial charge in [0.2, 0.25) is 5.91 Å². The Labute approximate surface area is 260 Å². The maximum atomic E-state index is 11.7. The van der Waals surface area contributed by atoms with Crippen molar-refractivity contribution in [2.24, 2.45) is 11.7 Å². The van der Waals surface area contributed by atoms with Gasteiger partial charge in [-0.2, -0.15) is 0 Å². The predicted octanol–water partition coefficient (Wildman–Crippen LogP) is 2.34. The van der Waals surface area contributed by atoms with Crippen LogP contribution in [0.3, 0.4) is 0 Å². The molecule has 0 heterocycles. The lowest BCUT2D eigenvalue weighted by Gasteiger charge is -2.24. The van der Waals surface area contributed by atoms with Gasteiger partial charge in [-0.3, -0.25) is 4.79 Å². The number of carbonyl (C=O) groups is 5. The minimum atomic E-state index is -0.722. The van der Waals surface area contributed by atoms with Gasteiger partial charge < -0.3 is 51.3 Å². The van der Waals surface area contributed by atoms with Crippen LogP contribution in [0.2, 0.25) is 0 Å². The Morgan fingerprint density at radius 1 is 1.16 bits per heavy atom. The van der Waals surface area contributed by atoms with Gasteiger partial charge in [-0.05, 0) is 56.4 Å². The van der Waals surface area contributed by atoms with Crippen LogP contribution in [0, 0.1) is 18.3 Å². The number of aldehydes is 1. The number of hydrogen-bond acceptors (Lipinski definition) is 9. The average molecular weight is 623 g/mol. The Balaban J connectivity index is 0. The number of primary amides is 1. The van der Waals surface area contributed by atoms with E-state index in [9.17, 15) is 29.1 Å². The molecule has 0 aliphatic carbocycles. The number of hydrogen-bond donors (Lipinski definition) is 6. The van der Waals surface area contributed by atoms with E-state index < -0.39 is 35.8 Å². The number of urea groups is 1. The first-order valence-corrected chi connectivity index (χ1v) is 14.0. The summed E-state index contributed by atoms with van der Waals surface area (Å²) < 4.78 is 9.90. The van der Waals surface area contributed by atoms with Gasteiger partial charge in [-0.25, -0.2) is 14.4 Å². The zero-order valence-electron chi connectivity index (χ0n) is 27.1. The molecule has 14 heteroatoms. The number of anilines is 1. The van der Waals surface area contributed by atoms with Crippen molar-refractivity contribution in [3.63, 3.8) is 0 Å². The minimum Gasteiger partial charge on any atom is -0.444 e. The van der Waals surface area contributed by atoms with E-state index in [0.717, 1.165) is 23.2 Å². The number of nitrogens with zero attached hydrogens (tertiary/aromatic N) is 1. The topological polar surface area (TPSA) is 201 Å². The zero-order chi connectivity index (χ0) is 34.3. The van der Waals surface area contributed by atoms with Gasteiger partial charge in [0.25, 0.3) is 0 Å². The highest BCUT2D eigenvalue weighted by atomic mass is 16.6. The van der Waals surface area contributed by atoms with Crippen molar-refractivity contribution in [2.45, 2.75) is 72.8 Å². The summed E-state index contributed by atoms with van der Waals surface area (Å²) in [6, 6.07) is 4.41. The molecule has 0 aliphatic heterocycles. The molecule has 0 aliphatic rings. The number of terminal acetylenes is 1. The molecule has 0 bridgehead atoms. The van der Waals surface area contributed by atoms with E-state index in [2.05, 4.69) is 27.2 Å². The number of nitrogens with two attached hydrogens (primary N) is 1. The summed E-state index contributed by atoms with van der Waals surface area (Å²) in [6.45, 7) is 11.6. The summed E-state index contributed by atoms with van der Waals surface area (Å²) in [7, 11) is 3.43. The number of alkyl carbamates (subject to hydrolysis) is 1. The number of aliphatic hydroxyl groups is 1. The molecule has 1 rings (SSSR count). The molecular formula is C30H50N6O8. The SMILES string of the molecule is C#CCOC(=O)N(C)Cc1cc(NC)ccc1CO.CC(C)C(NC(=O)OC(C)(C)C)C(=O)NCC=O.CCCNC(N)=O. The summed E-state index contributed by atoms with van der Waals surface area (Å²) in [5.74, 6) is 1.73. The Hall–Kier alpha value is -4.51. The fourth-order valence-electron chi connectivity index (χ4n) is 3.09. The molecule has 44 heavy (non-hydrogen) atoms. The number of nitrogens with one attached hydrogen (secondary N) is 4. The highest BCUT2D eigenvalue weighted by Crippen LogP contribution is 2.17. The molecule has 1 aromatic carbocycles. The van der Waals surface area contributed by atoms with E-state index in [-0.39, 0.29) is 25.7 Å². The van der Waals surface area contributed by atoms with Crippen LogP contribution in [0.25, 0.3) is 0 Å². The van der Waals surface area contributed by atoms with Gasteiger partial charge in [0.05, 0.1) is 13.2 Å². The Bertz CT molecular complexity index is 1080. The average Bonchev–Trinajstić information content (AvgIpc) is 2.95. The number of amides is 5. The monoisotopic (exact) mass is 622 g/mol. The molecule has 0 saturated carbocycles. The summed E-state index contributed by atoms with van der Waals surface area (Å²) >= 11 is 0. The molecule has 1 atom stereocenters. The Kier molecular flexibility index (Phi) is 21.8. The number of benzene rings is 1. The maximum absolute atomic E-state index is 11.7. The lowest BCUT2D eigenvalue weighted by molar-refractivity contribution is -0.125. The standard InChI is InChI=1S/C14H18N2O3.C12H22N2O4.C4H10N2O/c1-4-7-19-14(18)16(3)9-12-8-13(15-2)6-5-11(12)10-17;1-8(2)9(10(16)13-6-7-15)14-11(17)18-12(3,4)5;1-2-3-6-4(5)7/h1,5-6,8,15,17H,7,9-10H2,2-3H3;7-9H,6H2,1-5H3,(H,13,16)(H,14,17);2-3H2,1H3,(H3,5,6,7). The largest absolute Gasteiger partial charge is 0.444 e. The van der Waals surface area contributed by atoms with Crippen LogP contribution in [-0.2, 0) is 32.2 Å². The van der Waals surface area contributed by atoms with Gasteiger partial charge in [-0.1, -0.05) is 32.8 Å². The van der Waals surface area contributed by atoms with Crippen LogP contribution in [0.15, 0.2) is 18.2 Å². The predicted molar refractivity (Wildman–Crippen MR) is 169 cm³/mol. The summed E-state index contributed by atoms with van der Waals surface area (Å²) in [4.78, 5) is 56.3. The summed E-state index contributed by atoms with van der Waals surface area (Å²) in [5, 5.41) is 19.6. The quantitative estimate of drug-likeness (QED) is 0.149. The third kappa shape index (κ3) is 20.4. The summed E-state index contributed by atoms with van der Waals surface area (Å²) in [6.07, 6.45) is 5.41. The lowest BCUT2D eigenvalue weighted by atomic mass is 10.0. The molecule has 0 fully saturated rings. The molecule has 5 amide bonds. The highest BCUT2D eigenvalue weighted by Gasteiger charge is 2.26. The van der Waals surface area contributed by atoms with E-state index >= 15 is 0 Å². The lowest BCUT2D eigenvalue weighted by Crippen LogP contribution is -2.51. The number of ether oxygens (including phenoxy) is 2.